The molecule has 1 nitrogen and oxygen atoms in total. The van der Waals surface area contributed by atoms with Gasteiger partial charge in [0.05, 0.1) is 9.52 Å². The van der Waals surface area contributed by atoms with Gasteiger partial charge >= 0.3 is 0 Å². The van der Waals surface area contributed by atoms with Crippen molar-refractivity contribution in [2.45, 2.75) is 26.4 Å². The lowest BCUT2D eigenvalue weighted by atomic mass is 10.2. The Hall–Kier alpha value is -0.386. The Morgan fingerprint density at radius 1 is 1.15 bits per heavy atom. The van der Waals surface area contributed by atoms with E-state index in [1.807, 2.05) is 6.55 Å². The summed E-state index contributed by atoms with van der Waals surface area (Å²) in [6, 6.07) is 9.02. The Morgan fingerprint density at radius 2 is 1.62 bits per heavy atom. The molecule has 0 aliphatic heterocycles. The van der Waals surface area contributed by atoms with E-state index in [0.717, 1.165) is 6.42 Å². The minimum absolute atomic E-state index is 0.0676. The molecule has 0 spiro atoms. The van der Waals surface area contributed by atoms with Crippen molar-refractivity contribution in [2.24, 2.45) is 0 Å². The van der Waals surface area contributed by atoms with Crippen molar-refractivity contribution < 1.29 is 4.80 Å². The molecule has 0 saturated heterocycles. The normalized spacial score (nSPS) is 10.8. The van der Waals surface area contributed by atoms with Crippen LogP contribution < -0.4 is 5.19 Å². The Labute approximate surface area is 86.0 Å². The van der Waals surface area contributed by atoms with Gasteiger partial charge in [0.15, 0.2) is 9.76 Å². The first kappa shape index (κ1) is 12.6. The standard InChI is InChI=1S/C9H14Si.CH6OSi/c1-3-8-4-6-9(10-2)7-5-8;1-3-2/h4-7H,3,10H2,1-2H3;2H,3H2,1H3. The summed E-state index contributed by atoms with van der Waals surface area (Å²) in [6.07, 6.45) is 1.16. The van der Waals surface area contributed by atoms with Gasteiger partial charge < -0.3 is 4.80 Å². The molecule has 0 aliphatic carbocycles. The van der Waals surface area contributed by atoms with Crippen molar-refractivity contribution in [2.75, 3.05) is 0 Å². The molecule has 0 unspecified atom stereocenters. The largest absolute Gasteiger partial charge is 0.438 e. The fourth-order valence-electron chi connectivity index (χ4n) is 1.01. The molecule has 0 saturated carbocycles. The highest BCUT2D eigenvalue weighted by molar-refractivity contribution is 6.51. The third-order valence-electron chi connectivity index (χ3n) is 1.84. The van der Waals surface area contributed by atoms with Crippen molar-refractivity contribution in [1.82, 2.24) is 0 Å². The fourth-order valence-corrected chi connectivity index (χ4v) is 1.72. The number of hydrogen-bond acceptors (Lipinski definition) is 1. The van der Waals surface area contributed by atoms with Crippen molar-refractivity contribution in [1.29, 1.82) is 0 Å². The minimum atomic E-state index is -0.583. The topological polar surface area (TPSA) is 20.2 Å². The summed E-state index contributed by atoms with van der Waals surface area (Å²) in [5.74, 6) is 0. The molecule has 0 radical (unpaired) electrons. The van der Waals surface area contributed by atoms with Crippen molar-refractivity contribution in [3.8, 4) is 0 Å². The average Bonchev–Trinajstić information content (AvgIpc) is 2.19. The van der Waals surface area contributed by atoms with Crippen LogP contribution in [0, 0.1) is 0 Å². The molecule has 0 fully saturated rings. The van der Waals surface area contributed by atoms with Crippen LogP contribution in [0.4, 0.5) is 0 Å². The molecule has 1 aromatic rings. The first-order chi connectivity index (χ1) is 6.28. The van der Waals surface area contributed by atoms with E-state index in [4.69, 9.17) is 4.80 Å². The lowest BCUT2D eigenvalue weighted by Crippen LogP contribution is -2.08. The summed E-state index contributed by atoms with van der Waals surface area (Å²) in [5, 5.41) is 1.57. The van der Waals surface area contributed by atoms with Crippen molar-refractivity contribution in [3.63, 3.8) is 0 Å². The monoisotopic (exact) mass is 212 g/mol. The minimum Gasteiger partial charge on any atom is -0.438 e. The Balaban J connectivity index is 0.000000424. The maximum absolute atomic E-state index is 7.71. The van der Waals surface area contributed by atoms with E-state index in [-0.39, 0.29) is 9.52 Å². The van der Waals surface area contributed by atoms with Gasteiger partial charge in [-0.1, -0.05) is 49.5 Å². The third-order valence-corrected chi connectivity index (χ3v) is 3.13. The lowest BCUT2D eigenvalue weighted by molar-refractivity contribution is 0.610. The summed E-state index contributed by atoms with van der Waals surface area (Å²) in [4.78, 5) is 7.71. The van der Waals surface area contributed by atoms with Crippen LogP contribution in [0.5, 0.6) is 0 Å². The average molecular weight is 212 g/mol. The highest BCUT2D eigenvalue weighted by Gasteiger charge is 1.88. The van der Waals surface area contributed by atoms with E-state index < -0.39 is 9.76 Å². The SMILES string of the molecule is CCc1ccc([SiH2]C)cc1.C[SiH2]O. The van der Waals surface area contributed by atoms with Gasteiger partial charge in [0, 0.05) is 0 Å². The predicted octanol–water partition coefficient (Wildman–Crippen LogP) is 0.202. The smallest absolute Gasteiger partial charge is 0.153 e. The van der Waals surface area contributed by atoms with Crippen LogP contribution in [-0.4, -0.2) is 24.1 Å². The summed E-state index contributed by atoms with van der Waals surface area (Å²) in [6.45, 7) is 6.33. The van der Waals surface area contributed by atoms with Crippen LogP contribution >= 0.6 is 0 Å². The molecule has 0 heterocycles. The lowest BCUT2D eigenvalue weighted by Gasteiger charge is -1.97. The quantitative estimate of drug-likeness (QED) is 0.695. The molecular formula is C10H20OSi2. The Kier molecular flexibility index (Phi) is 7.98. The highest BCUT2D eigenvalue weighted by atomic mass is 28.2. The number of aryl methyl sites for hydroxylation is 1. The molecule has 1 rings (SSSR count). The first-order valence-corrected chi connectivity index (χ1v) is 9.13. The van der Waals surface area contributed by atoms with Gasteiger partial charge in [-0.05, 0) is 12.0 Å². The van der Waals surface area contributed by atoms with Gasteiger partial charge in [0.1, 0.15) is 0 Å². The van der Waals surface area contributed by atoms with Crippen LogP contribution in [-0.2, 0) is 6.42 Å². The van der Waals surface area contributed by atoms with Gasteiger partial charge in [0.25, 0.3) is 0 Å². The molecular weight excluding hydrogens is 192 g/mol. The van der Waals surface area contributed by atoms with Crippen LogP contribution in [0.3, 0.4) is 0 Å². The summed E-state index contributed by atoms with van der Waals surface area (Å²) >= 11 is 0. The third kappa shape index (κ3) is 5.79. The number of hydrogen-bond donors (Lipinski definition) is 1. The number of rotatable bonds is 2. The van der Waals surface area contributed by atoms with Crippen LogP contribution in [0.1, 0.15) is 12.5 Å². The molecule has 0 amide bonds. The first-order valence-electron chi connectivity index (χ1n) is 4.97. The van der Waals surface area contributed by atoms with Gasteiger partial charge in [-0.3, -0.25) is 0 Å². The zero-order valence-electron chi connectivity index (χ0n) is 8.88. The second-order valence-electron chi connectivity index (χ2n) is 2.84. The van der Waals surface area contributed by atoms with Crippen molar-refractivity contribution >= 4 is 24.5 Å². The van der Waals surface area contributed by atoms with Gasteiger partial charge in [-0.2, -0.15) is 0 Å². The predicted molar refractivity (Wildman–Crippen MR) is 66.5 cm³/mol. The van der Waals surface area contributed by atoms with E-state index >= 15 is 0 Å². The van der Waals surface area contributed by atoms with Crippen LogP contribution in [0.25, 0.3) is 0 Å². The maximum atomic E-state index is 7.71. The molecule has 0 aliphatic rings. The molecule has 0 bridgehead atoms. The van der Waals surface area contributed by atoms with Crippen LogP contribution in [0.2, 0.25) is 13.1 Å². The van der Waals surface area contributed by atoms with Gasteiger partial charge in [-0.25, -0.2) is 0 Å². The second-order valence-corrected chi connectivity index (χ2v) is 5.00. The van der Waals surface area contributed by atoms with E-state index in [1.165, 1.54) is 5.56 Å². The van der Waals surface area contributed by atoms with Gasteiger partial charge in [0.2, 0.25) is 0 Å². The maximum Gasteiger partial charge on any atom is 0.153 e. The van der Waals surface area contributed by atoms with Gasteiger partial charge in [-0.15, -0.1) is 0 Å². The summed E-state index contributed by atoms with van der Waals surface area (Å²) < 4.78 is 0. The highest BCUT2D eigenvalue weighted by Crippen LogP contribution is 1.96. The second kappa shape index (κ2) is 8.22. The molecule has 0 aromatic heterocycles. The summed E-state index contributed by atoms with van der Waals surface area (Å²) in [7, 11) is -0.516. The van der Waals surface area contributed by atoms with E-state index in [2.05, 4.69) is 37.7 Å². The molecule has 13 heavy (non-hydrogen) atoms. The molecule has 3 heteroatoms. The molecule has 1 aromatic carbocycles. The fraction of sp³-hybridized carbons (Fsp3) is 0.400. The molecule has 0 atom stereocenters. The van der Waals surface area contributed by atoms with E-state index in [0.29, 0.717) is 0 Å². The van der Waals surface area contributed by atoms with E-state index in [1.54, 1.807) is 5.19 Å². The van der Waals surface area contributed by atoms with Crippen molar-refractivity contribution in [3.05, 3.63) is 29.8 Å². The molecule has 74 valence electrons. The molecule has 1 N–H and O–H groups in total. The zero-order valence-corrected chi connectivity index (χ0v) is 11.7. The number of benzene rings is 1. The zero-order chi connectivity index (χ0) is 10.1. The van der Waals surface area contributed by atoms with Crippen LogP contribution in [0.15, 0.2) is 24.3 Å². The Bertz CT molecular complexity index is 186. The Morgan fingerprint density at radius 3 is 1.92 bits per heavy atom. The summed E-state index contributed by atoms with van der Waals surface area (Å²) in [5.41, 5.74) is 1.45. The van der Waals surface area contributed by atoms with E-state index in [9.17, 15) is 0 Å².